The number of aliphatic carboxylic acids is 1. The molecular formula is C22H24Cl5N7O5. The number of nitrogens with two attached hydrogens (primary N) is 1. The highest BCUT2D eigenvalue weighted by atomic mass is 35.5. The van der Waals surface area contributed by atoms with Crippen LogP contribution in [0.15, 0.2) is 24.3 Å². The molecule has 0 unspecified atom stereocenters. The van der Waals surface area contributed by atoms with E-state index in [1.165, 1.54) is 18.2 Å². The Morgan fingerprint density at radius 2 is 1.64 bits per heavy atom. The number of aromatic carboxylic acids is 1. The van der Waals surface area contributed by atoms with Crippen molar-refractivity contribution in [3.05, 3.63) is 55.5 Å². The third-order valence-corrected chi connectivity index (χ3v) is 5.05. The first-order chi connectivity index (χ1) is 18.2. The molecule has 3 rings (SSSR count). The van der Waals surface area contributed by atoms with E-state index in [2.05, 4.69) is 30.6 Å². The SMILES string of the molecule is CCNc1nc(Cl)nc(NC(C)C)n1.Nc1cc(Cl)nc(C(=O)O)c1Cl.O=C(O)COc1ccc(Cl)cc1Cl. The average molecular weight is 644 g/mol. The van der Waals surface area contributed by atoms with Crippen molar-refractivity contribution >= 4 is 87.5 Å². The zero-order valence-electron chi connectivity index (χ0n) is 20.7. The number of halogens is 5. The minimum absolute atomic E-state index is 0.00861. The number of carboxylic acids is 2. The van der Waals surface area contributed by atoms with Crippen molar-refractivity contribution in [1.29, 1.82) is 0 Å². The van der Waals surface area contributed by atoms with Crippen molar-refractivity contribution in [1.82, 2.24) is 19.9 Å². The van der Waals surface area contributed by atoms with E-state index in [0.717, 1.165) is 6.54 Å². The number of carbonyl (C=O) groups is 2. The van der Waals surface area contributed by atoms with E-state index in [1.807, 2.05) is 20.8 Å². The molecule has 212 valence electrons. The van der Waals surface area contributed by atoms with Gasteiger partial charge in [-0.05, 0) is 56.6 Å². The quantitative estimate of drug-likeness (QED) is 0.183. The molecular weight excluding hydrogens is 620 g/mol. The maximum Gasteiger partial charge on any atom is 0.356 e. The van der Waals surface area contributed by atoms with Crippen LogP contribution in [0.5, 0.6) is 5.75 Å². The van der Waals surface area contributed by atoms with Crippen molar-refractivity contribution in [3.8, 4) is 5.75 Å². The van der Waals surface area contributed by atoms with Gasteiger partial charge in [0.15, 0.2) is 12.3 Å². The predicted octanol–water partition coefficient (Wildman–Crippen LogP) is 5.90. The monoisotopic (exact) mass is 641 g/mol. The van der Waals surface area contributed by atoms with Crippen LogP contribution in [0.2, 0.25) is 25.5 Å². The zero-order valence-corrected chi connectivity index (χ0v) is 24.5. The fourth-order valence-electron chi connectivity index (χ4n) is 2.30. The van der Waals surface area contributed by atoms with E-state index in [0.29, 0.717) is 27.7 Å². The van der Waals surface area contributed by atoms with Gasteiger partial charge in [0, 0.05) is 17.6 Å². The van der Waals surface area contributed by atoms with Gasteiger partial charge in [0.1, 0.15) is 10.9 Å². The molecule has 6 N–H and O–H groups in total. The van der Waals surface area contributed by atoms with Crippen molar-refractivity contribution < 1.29 is 24.5 Å². The maximum absolute atomic E-state index is 10.5. The predicted molar refractivity (Wildman–Crippen MR) is 153 cm³/mol. The van der Waals surface area contributed by atoms with E-state index in [4.69, 9.17) is 78.7 Å². The number of pyridine rings is 1. The number of aromatic nitrogens is 4. The number of nitrogens with one attached hydrogen (secondary N) is 2. The Hall–Kier alpha value is -3.03. The van der Waals surface area contributed by atoms with Crippen LogP contribution in [0.3, 0.4) is 0 Å². The van der Waals surface area contributed by atoms with Gasteiger partial charge in [-0.2, -0.15) is 15.0 Å². The summed E-state index contributed by atoms with van der Waals surface area (Å²) in [6.45, 7) is 6.31. The number of hydrogen-bond acceptors (Lipinski definition) is 10. The van der Waals surface area contributed by atoms with Crippen molar-refractivity contribution in [2.45, 2.75) is 26.8 Å². The molecule has 0 atom stereocenters. The highest BCUT2D eigenvalue weighted by Gasteiger charge is 2.14. The van der Waals surface area contributed by atoms with E-state index >= 15 is 0 Å². The molecule has 2 heterocycles. The van der Waals surface area contributed by atoms with Crippen LogP contribution in [0.4, 0.5) is 17.6 Å². The van der Waals surface area contributed by atoms with Crippen LogP contribution in [0.25, 0.3) is 0 Å². The molecule has 0 aliphatic rings. The Bertz CT molecular complexity index is 1280. The summed E-state index contributed by atoms with van der Waals surface area (Å²) in [5.74, 6) is -1.000. The summed E-state index contributed by atoms with van der Waals surface area (Å²) < 4.78 is 4.86. The van der Waals surface area contributed by atoms with Gasteiger partial charge in [-0.1, -0.05) is 46.4 Å². The van der Waals surface area contributed by atoms with Crippen molar-refractivity contribution in [2.24, 2.45) is 0 Å². The lowest BCUT2D eigenvalue weighted by Crippen LogP contribution is -2.14. The molecule has 0 saturated carbocycles. The van der Waals surface area contributed by atoms with Crippen LogP contribution in [-0.2, 0) is 4.79 Å². The Kier molecular flexibility index (Phi) is 14.7. The second-order valence-corrected chi connectivity index (χ2v) is 9.29. The van der Waals surface area contributed by atoms with E-state index < -0.39 is 18.5 Å². The van der Waals surface area contributed by atoms with Gasteiger partial charge in [-0.25, -0.2) is 14.6 Å². The van der Waals surface area contributed by atoms with Crippen LogP contribution < -0.4 is 21.1 Å². The van der Waals surface area contributed by atoms with Crippen LogP contribution in [-0.4, -0.2) is 61.3 Å². The second-order valence-electron chi connectivity index (χ2n) is 7.34. The molecule has 39 heavy (non-hydrogen) atoms. The van der Waals surface area contributed by atoms with Gasteiger partial charge < -0.3 is 31.3 Å². The Morgan fingerprint density at radius 1 is 1.00 bits per heavy atom. The summed E-state index contributed by atoms with van der Waals surface area (Å²) in [6.07, 6.45) is 0. The number of carboxylic acid groups (broad SMARTS) is 2. The normalized spacial score (nSPS) is 9.97. The first-order valence-electron chi connectivity index (χ1n) is 10.8. The number of anilines is 3. The largest absolute Gasteiger partial charge is 0.480 e. The fourth-order valence-corrected chi connectivity index (χ4v) is 3.30. The minimum Gasteiger partial charge on any atom is -0.480 e. The molecule has 0 amide bonds. The molecule has 0 bridgehead atoms. The minimum atomic E-state index is -1.26. The summed E-state index contributed by atoms with van der Waals surface area (Å²) >= 11 is 28.0. The lowest BCUT2D eigenvalue weighted by Gasteiger charge is -2.09. The molecule has 0 saturated heterocycles. The van der Waals surface area contributed by atoms with E-state index in [9.17, 15) is 9.59 Å². The molecule has 12 nitrogen and oxygen atoms in total. The first-order valence-corrected chi connectivity index (χ1v) is 12.7. The first kappa shape index (κ1) is 34.0. The van der Waals surface area contributed by atoms with Crippen LogP contribution >= 0.6 is 58.0 Å². The molecule has 0 aliphatic carbocycles. The lowest BCUT2D eigenvalue weighted by atomic mass is 10.3. The van der Waals surface area contributed by atoms with E-state index in [-0.39, 0.29) is 32.9 Å². The third kappa shape index (κ3) is 13.1. The fraction of sp³-hybridized carbons (Fsp3) is 0.273. The topological polar surface area (TPSA) is 185 Å². The summed E-state index contributed by atoms with van der Waals surface area (Å²) in [5.41, 5.74) is 5.11. The second kappa shape index (κ2) is 16.8. The Labute approximate surface area is 248 Å². The summed E-state index contributed by atoms with van der Waals surface area (Å²) in [4.78, 5) is 36.1. The molecule has 0 spiro atoms. The molecule has 0 aliphatic heterocycles. The number of nitrogen functional groups attached to an aromatic ring is 1. The molecule has 3 aromatic rings. The molecule has 17 heteroatoms. The lowest BCUT2D eigenvalue weighted by molar-refractivity contribution is -0.139. The Morgan fingerprint density at radius 3 is 2.18 bits per heavy atom. The molecule has 0 fully saturated rings. The summed E-state index contributed by atoms with van der Waals surface area (Å²) in [7, 11) is 0. The standard InChI is InChI=1S/C8H6Cl2O3.C8H14ClN5.C6H4Cl2N2O2/c9-5-1-2-7(6(10)3-5)13-4-8(11)12;1-4-10-7-12-6(9)13-8(14-7)11-5(2)3;7-3-1-2(9)4(8)5(10-3)6(11)12/h1-3H,4H2,(H,11,12);5H,4H2,1-3H3,(H2,10,11,12,13,14);1H,(H2,9,10)(H,11,12). The average Bonchev–Trinajstić information content (AvgIpc) is 2.81. The molecule has 2 aromatic heterocycles. The molecule has 0 radical (unpaired) electrons. The van der Waals surface area contributed by atoms with Gasteiger partial charge in [0.25, 0.3) is 0 Å². The summed E-state index contributed by atoms with van der Waals surface area (Å²) in [5, 5.41) is 23.8. The number of hydrogen-bond donors (Lipinski definition) is 5. The van der Waals surface area contributed by atoms with Gasteiger partial charge >= 0.3 is 11.9 Å². The van der Waals surface area contributed by atoms with Crippen molar-refractivity contribution in [2.75, 3.05) is 29.5 Å². The number of nitrogens with zero attached hydrogens (tertiary/aromatic N) is 4. The Balaban J connectivity index is 0.000000293. The highest BCUT2D eigenvalue weighted by molar-refractivity contribution is 6.37. The highest BCUT2D eigenvalue weighted by Crippen LogP contribution is 2.27. The summed E-state index contributed by atoms with van der Waals surface area (Å²) in [6, 6.07) is 6.14. The van der Waals surface area contributed by atoms with Gasteiger partial charge in [-0.15, -0.1) is 0 Å². The number of ether oxygens (including phenoxy) is 1. The zero-order chi connectivity index (χ0) is 29.7. The van der Waals surface area contributed by atoms with Crippen molar-refractivity contribution in [3.63, 3.8) is 0 Å². The van der Waals surface area contributed by atoms with Gasteiger partial charge in [-0.3, -0.25) is 0 Å². The van der Waals surface area contributed by atoms with Crippen LogP contribution in [0.1, 0.15) is 31.3 Å². The van der Waals surface area contributed by atoms with Gasteiger partial charge in [0.05, 0.1) is 15.7 Å². The van der Waals surface area contributed by atoms with Gasteiger partial charge in [0.2, 0.25) is 17.2 Å². The maximum atomic E-state index is 10.5. The molecule has 1 aromatic carbocycles. The number of benzene rings is 1. The number of rotatable bonds is 8. The smallest absolute Gasteiger partial charge is 0.356 e. The van der Waals surface area contributed by atoms with Crippen LogP contribution in [0, 0.1) is 0 Å². The third-order valence-electron chi connectivity index (χ3n) is 3.76. The van der Waals surface area contributed by atoms with E-state index in [1.54, 1.807) is 6.07 Å².